The van der Waals surface area contributed by atoms with Crippen molar-refractivity contribution in [1.29, 1.82) is 5.26 Å². The molecule has 198 valence electrons. The molecule has 2 aromatic heterocycles. The van der Waals surface area contributed by atoms with Crippen molar-refractivity contribution in [3.63, 3.8) is 0 Å². The van der Waals surface area contributed by atoms with E-state index in [0.717, 1.165) is 62.0 Å². The number of aromatic nitrogens is 2. The van der Waals surface area contributed by atoms with Crippen LogP contribution in [0.5, 0.6) is 5.75 Å². The van der Waals surface area contributed by atoms with E-state index in [4.69, 9.17) is 4.74 Å². The second kappa shape index (κ2) is 9.94. The fourth-order valence-corrected chi connectivity index (χ4v) is 5.77. The molecule has 8 heteroatoms. The van der Waals surface area contributed by atoms with Gasteiger partial charge in [0.25, 0.3) is 5.56 Å². The SMILES string of the molecule is Cn1c(=O)cc(N(C)[C@H]2CC[C@@H](N(CC3CC3)c3ccc(F)c(OC4CC4)c3)CC2)c2nc(C#N)ccc21. The van der Waals surface area contributed by atoms with Crippen LogP contribution in [0.3, 0.4) is 0 Å². The van der Waals surface area contributed by atoms with E-state index in [0.29, 0.717) is 28.9 Å². The number of halogens is 1. The zero-order valence-electron chi connectivity index (χ0n) is 22.1. The van der Waals surface area contributed by atoms with Crippen molar-refractivity contribution in [2.24, 2.45) is 13.0 Å². The van der Waals surface area contributed by atoms with E-state index in [9.17, 15) is 14.4 Å². The van der Waals surface area contributed by atoms with Gasteiger partial charge >= 0.3 is 0 Å². The lowest BCUT2D eigenvalue weighted by Crippen LogP contribution is -2.44. The van der Waals surface area contributed by atoms with Crippen LogP contribution in [-0.4, -0.2) is 41.3 Å². The van der Waals surface area contributed by atoms with Gasteiger partial charge in [-0.05, 0) is 81.5 Å². The molecule has 1 aromatic carbocycles. The van der Waals surface area contributed by atoms with Gasteiger partial charge in [0.05, 0.1) is 17.3 Å². The van der Waals surface area contributed by atoms with Gasteiger partial charge in [-0.25, -0.2) is 9.37 Å². The average Bonchev–Trinajstić information content (AvgIpc) is 3.87. The highest BCUT2D eigenvalue weighted by molar-refractivity contribution is 5.88. The number of anilines is 2. The number of hydrogen-bond donors (Lipinski definition) is 0. The van der Waals surface area contributed by atoms with Crippen molar-refractivity contribution in [2.75, 3.05) is 23.4 Å². The number of hydrogen-bond acceptors (Lipinski definition) is 6. The molecule has 6 rings (SSSR count). The van der Waals surface area contributed by atoms with Gasteiger partial charge < -0.3 is 19.1 Å². The van der Waals surface area contributed by atoms with Gasteiger partial charge in [-0.15, -0.1) is 0 Å². The maximum absolute atomic E-state index is 14.5. The maximum atomic E-state index is 14.5. The molecule has 2 heterocycles. The molecule has 3 fully saturated rings. The molecule has 0 radical (unpaired) electrons. The Hall–Kier alpha value is -3.60. The van der Waals surface area contributed by atoms with Gasteiger partial charge in [0.1, 0.15) is 17.3 Å². The Morgan fingerprint density at radius 2 is 1.79 bits per heavy atom. The van der Waals surface area contributed by atoms with E-state index < -0.39 is 0 Å². The molecule has 0 unspecified atom stereocenters. The smallest absolute Gasteiger partial charge is 0.252 e. The largest absolute Gasteiger partial charge is 0.487 e. The summed E-state index contributed by atoms with van der Waals surface area (Å²) in [6, 6.07) is 13.2. The quantitative estimate of drug-likeness (QED) is 0.413. The summed E-state index contributed by atoms with van der Waals surface area (Å²) in [4.78, 5) is 22.0. The number of benzene rings is 1. The molecule has 38 heavy (non-hydrogen) atoms. The van der Waals surface area contributed by atoms with Crippen molar-refractivity contribution >= 4 is 22.4 Å². The Kier molecular flexibility index (Phi) is 6.46. The van der Waals surface area contributed by atoms with E-state index in [1.54, 1.807) is 35.9 Å². The Morgan fingerprint density at radius 3 is 2.47 bits per heavy atom. The highest BCUT2D eigenvalue weighted by Crippen LogP contribution is 2.39. The molecule has 3 saturated carbocycles. The number of nitrogens with zero attached hydrogens (tertiary/aromatic N) is 5. The van der Waals surface area contributed by atoms with E-state index in [2.05, 4.69) is 20.9 Å². The first-order valence-corrected chi connectivity index (χ1v) is 13.8. The van der Waals surface area contributed by atoms with Crippen LogP contribution >= 0.6 is 0 Å². The fourth-order valence-electron chi connectivity index (χ4n) is 5.77. The van der Waals surface area contributed by atoms with Gasteiger partial charge in [-0.2, -0.15) is 5.26 Å². The fraction of sp³-hybridized carbons (Fsp3) is 0.500. The van der Waals surface area contributed by atoms with Crippen LogP contribution in [0.2, 0.25) is 0 Å². The molecule has 3 aliphatic carbocycles. The first-order chi connectivity index (χ1) is 18.4. The number of fused-ring (bicyclic) bond motifs is 1. The molecular formula is C30H34FN5O2. The van der Waals surface area contributed by atoms with Crippen LogP contribution in [-0.2, 0) is 7.05 Å². The summed E-state index contributed by atoms with van der Waals surface area (Å²) in [5.41, 5.74) is 3.49. The Balaban J connectivity index is 1.22. The van der Waals surface area contributed by atoms with Crippen molar-refractivity contribution < 1.29 is 9.13 Å². The van der Waals surface area contributed by atoms with E-state index >= 15 is 0 Å². The molecule has 0 saturated heterocycles. The summed E-state index contributed by atoms with van der Waals surface area (Å²) in [5.74, 6) is 0.799. The zero-order valence-corrected chi connectivity index (χ0v) is 22.1. The Bertz CT molecular complexity index is 1450. The molecule has 0 amide bonds. The van der Waals surface area contributed by atoms with Crippen LogP contribution in [0.1, 0.15) is 57.1 Å². The van der Waals surface area contributed by atoms with Crippen LogP contribution in [0, 0.1) is 23.1 Å². The lowest BCUT2D eigenvalue weighted by molar-refractivity contribution is 0.287. The highest BCUT2D eigenvalue weighted by Gasteiger charge is 2.33. The molecule has 3 aromatic rings. The van der Waals surface area contributed by atoms with Crippen molar-refractivity contribution in [1.82, 2.24) is 9.55 Å². The third-order valence-corrected chi connectivity index (χ3v) is 8.43. The summed E-state index contributed by atoms with van der Waals surface area (Å²) in [5, 5.41) is 9.39. The average molecular weight is 516 g/mol. The number of aryl methyl sites for hydroxylation is 1. The van der Waals surface area contributed by atoms with Crippen LogP contribution < -0.4 is 20.1 Å². The number of pyridine rings is 2. The number of ether oxygens (including phenoxy) is 1. The summed E-state index contributed by atoms with van der Waals surface area (Å²) >= 11 is 0. The Morgan fingerprint density at radius 1 is 1.05 bits per heavy atom. The Labute approximate surface area is 222 Å². The van der Waals surface area contributed by atoms with E-state index in [-0.39, 0.29) is 23.5 Å². The van der Waals surface area contributed by atoms with Gasteiger partial charge in [0.15, 0.2) is 11.6 Å². The minimum Gasteiger partial charge on any atom is -0.487 e. The third kappa shape index (κ3) is 4.94. The van der Waals surface area contributed by atoms with Crippen molar-refractivity contribution in [3.8, 4) is 11.8 Å². The van der Waals surface area contributed by atoms with Gasteiger partial charge in [-0.1, -0.05) is 0 Å². The summed E-state index contributed by atoms with van der Waals surface area (Å²) in [6.45, 7) is 1.000. The predicted molar refractivity (Wildman–Crippen MR) is 146 cm³/mol. The molecule has 0 N–H and O–H groups in total. The summed E-state index contributed by atoms with van der Waals surface area (Å²) < 4.78 is 21.9. The molecule has 0 atom stereocenters. The van der Waals surface area contributed by atoms with Gasteiger partial charge in [0, 0.05) is 50.5 Å². The predicted octanol–water partition coefficient (Wildman–Crippen LogP) is 5.15. The summed E-state index contributed by atoms with van der Waals surface area (Å²) in [6.07, 6.45) is 8.66. The number of nitriles is 1. The number of rotatable bonds is 8. The molecular weight excluding hydrogens is 481 g/mol. The molecule has 0 aliphatic heterocycles. The molecule has 3 aliphatic rings. The summed E-state index contributed by atoms with van der Waals surface area (Å²) in [7, 11) is 3.77. The van der Waals surface area contributed by atoms with E-state index in [1.165, 1.54) is 12.8 Å². The standard InChI is InChI=1S/C30H34FN5O2/c1-34(27-16-29(37)35(2)26-14-5-20(17-32)33-30(26)27)21-6-8-22(9-7-21)36(18-19-3-4-19)23-10-13-25(31)28(15-23)38-24-11-12-24/h5,10,13-16,19,21-22,24H,3-4,6-9,11-12,18H2,1-2H3/t21-,22+. The highest BCUT2D eigenvalue weighted by atomic mass is 19.1. The maximum Gasteiger partial charge on any atom is 0.252 e. The minimum absolute atomic E-state index is 0.0873. The molecule has 0 spiro atoms. The van der Waals surface area contributed by atoms with E-state index in [1.807, 2.05) is 19.2 Å². The third-order valence-electron chi connectivity index (χ3n) is 8.43. The van der Waals surface area contributed by atoms with Crippen molar-refractivity contribution in [3.05, 3.63) is 58.3 Å². The lowest BCUT2D eigenvalue weighted by Gasteiger charge is -2.41. The monoisotopic (exact) mass is 515 g/mol. The van der Waals surface area contributed by atoms with Crippen LogP contribution in [0.15, 0.2) is 41.2 Å². The normalized spacial score (nSPS) is 21.2. The van der Waals surface area contributed by atoms with Gasteiger partial charge in [0.2, 0.25) is 0 Å². The van der Waals surface area contributed by atoms with Crippen molar-refractivity contribution in [2.45, 2.75) is 69.6 Å². The first kappa shape index (κ1) is 24.7. The zero-order chi connectivity index (χ0) is 26.4. The second-order valence-electron chi connectivity index (χ2n) is 11.2. The minimum atomic E-state index is -0.285. The van der Waals surface area contributed by atoms with Crippen LogP contribution in [0.25, 0.3) is 11.0 Å². The topological polar surface area (TPSA) is 74.4 Å². The first-order valence-electron chi connectivity index (χ1n) is 13.8. The van der Waals surface area contributed by atoms with Gasteiger partial charge in [-0.3, -0.25) is 4.79 Å². The molecule has 0 bridgehead atoms. The lowest BCUT2D eigenvalue weighted by atomic mass is 9.88. The second-order valence-corrected chi connectivity index (χ2v) is 11.2. The molecule has 7 nitrogen and oxygen atoms in total. The van der Waals surface area contributed by atoms with Crippen LogP contribution in [0.4, 0.5) is 15.8 Å².